The van der Waals surface area contributed by atoms with Gasteiger partial charge in [-0.05, 0) is 49.4 Å². The SMILES string of the molecule is CCC(C)CCCCCCCCCCCCCCCCC(=O)O[C@H](COC(=O)CCCCCCCCC(C)CC)COP(=O)(O)OC[C@H](O)COP(=O)(O)OC[C@@H](COC(=O)CCCCCCCCCC(C)C)OC(=O)CCCCCCCCC(C)CC. The van der Waals surface area contributed by atoms with E-state index >= 15 is 0 Å². The molecule has 17 nitrogen and oxygen atoms in total. The zero-order chi connectivity index (χ0) is 65.4. The number of aliphatic hydroxyl groups is 1. The minimum atomic E-state index is -4.95. The normalized spacial score (nSPS) is 15.2. The Labute approximate surface area is 537 Å². The highest BCUT2D eigenvalue weighted by Crippen LogP contribution is 2.45. The van der Waals surface area contributed by atoms with Gasteiger partial charge in [-0.1, -0.05) is 287 Å². The van der Waals surface area contributed by atoms with Crippen molar-refractivity contribution in [1.82, 2.24) is 0 Å². The summed E-state index contributed by atoms with van der Waals surface area (Å²) in [5.74, 6) is 0.866. The number of carbonyl (C=O) groups is 4. The van der Waals surface area contributed by atoms with Crippen molar-refractivity contribution >= 4 is 39.5 Å². The third kappa shape index (κ3) is 59.1. The van der Waals surface area contributed by atoms with Gasteiger partial charge in [-0.3, -0.25) is 37.3 Å². The molecule has 0 radical (unpaired) electrons. The maximum atomic E-state index is 13.0. The van der Waals surface area contributed by atoms with Gasteiger partial charge in [-0.2, -0.15) is 0 Å². The lowest BCUT2D eigenvalue weighted by atomic mass is 9.99. The van der Waals surface area contributed by atoms with Crippen molar-refractivity contribution in [3.8, 4) is 0 Å². The van der Waals surface area contributed by atoms with Gasteiger partial charge in [0.15, 0.2) is 12.2 Å². The molecule has 8 atom stereocenters. The van der Waals surface area contributed by atoms with Crippen molar-refractivity contribution in [1.29, 1.82) is 0 Å². The Balaban J connectivity index is 5.22. The number of esters is 4. The summed E-state index contributed by atoms with van der Waals surface area (Å²) in [6.45, 7) is 14.0. The van der Waals surface area contributed by atoms with Crippen molar-refractivity contribution in [2.75, 3.05) is 39.6 Å². The maximum absolute atomic E-state index is 13.0. The Kier molecular flexibility index (Phi) is 57.6. The van der Waals surface area contributed by atoms with E-state index in [9.17, 15) is 43.2 Å². The highest BCUT2D eigenvalue weighted by atomic mass is 31.2. The molecule has 0 aromatic rings. The minimum Gasteiger partial charge on any atom is -0.462 e. The first-order chi connectivity index (χ1) is 42.2. The smallest absolute Gasteiger partial charge is 0.462 e. The lowest BCUT2D eigenvalue weighted by Crippen LogP contribution is -2.30. The molecule has 0 spiro atoms. The van der Waals surface area contributed by atoms with Crippen LogP contribution in [0.25, 0.3) is 0 Å². The van der Waals surface area contributed by atoms with Crippen LogP contribution in [0, 0.1) is 23.7 Å². The van der Waals surface area contributed by atoms with Crippen LogP contribution in [-0.4, -0.2) is 96.7 Å². The van der Waals surface area contributed by atoms with E-state index in [2.05, 4.69) is 55.4 Å². The monoisotopic (exact) mass is 1300 g/mol. The van der Waals surface area contributed by atoms with E-state index in [0.29, 0.717) is 31.6 Å². The van der Waals surface area contributed by atoms with E-state index in [4.69, 9.17) is 37.0 Å². The largest absolute Gasteiger partial charge is 0.472 e. The first-order valence-electron chi connectivity index (χ1n) is 35.8. The van der Waals surface area contributed by atoms with Crippen molar-refractivity contribution in [2.24, 2.45) is 23.7 Å². The summed E-state index contributed by atoms with van der Waals surface area (Å²) < 4.78 is 68.2. The number of phosphoric acid groups is 2. The van der Waals surface area contributed by atoms with Crippen molar-refractivity contribution < 1.29 is 80.2 Å². The van der Waals surface area contributed by atoms with Crippen LogP contribution in [0.3, 0.4) is 0 Å². The van der Waals surface area contributed by atoms with E-state index in [1.807, 2.05) is 0 Å². The number of aliphatic hydroxyl groups excluding tert-OH is 1. The number of ether oxygens (including phenoxy) is 4. The standard InChI is InChI=1S/C69H134O17P2/c1-9-60(6)46-38-30-22-18-16-14-12-13-15-17-19-23-35-43-51-68(73)85-64(56-80-67(72)50-42-34-27-25-31-39-47-61(7)10-2)57-83-87(75,76)81-53-63(70)54-82-88(77,78)84-58-65(86-69(74)52-44-36-28-26-32-40-48-62(8)11-3)55-79-66(71)49-41-33-24-20-21-29-37-45-59(4)5/h59-65,70H,9-58H2,1-8H3,(H,75,76)(H,77,78)/t60?,61?,62?,63-,64+,65+/m0/s1. The highest BCUT2D eigenvalue weighted by molar-refractivity contribution is 7.47. The molecule has 0 amide bonds. The second-order valence-electron chi connectivity index (χ2n) is 26.1. The van der Waals surface area contributed by atoms with Crippen molar-refractivity contribution in [3.05, 3.63) is 0 Å². The summed E-state index contributed by atoms with van der Waals surface area (Å²) in [4.78, 5) is 72.4. The number of rotatable bonds is 66. The van der Waals surface area contributed by atoms with Gasteiger partial charge in [0.2, 0.25) is 0 Å². The third-order valence-corrected chi connectivity index (χ3v) is 18.8. The van der Waals surface area contributed by atoms with Crippen LogP contribution in [0.15, 0.2) is 0 Å². The van der Waals surface area contributed by atoms with Crippen LogP contribution < -0.4 is 0 Å². The molecule has 0 aliphatic rings. The molecule has 3 N–H and O–H groups in total. The Hall–Kier alpha value is -1.94. The molecular weight excluding hydrogens is 1160 g/mol. The Morgan fingerprint density at radius 2 is 0.545 bits per heavy atom. The lowest BCUT2D eigenvalue weighted by Gasteiger charge is -2.21. The van der Waals surface area contributed by atoms with Crippen LogP contribution >= 0.6 is 15.6 Å². The van der Waals surface area contributed by atoms with Gasteiger partial charge in [0.25, 0.3) is 0 Å². The van der Waals surface area contributed by atoms with Gasteiger partial charge in [0.05, 0.1) is 26.4 Å². The van der Waals surface area contributed by atoms with E-state index in [-0.39, 0.29) is 25.7 Å². The average Bonchev–Trinajstić information content (AvgIpc) is 3.54. The first-order valence-corrected chi connectivity index (χ1v) is 38.8. The average molecular weight is 1300 g/mol. The molecule has 5 unspecified atom stereocenters. The predicted octanol–water partition coefficient (Wildman–Crippen LogP) is 19.3. The van der Waals surface area contributed by atoms with Gasteiger partial charge in [-0.15, -0.1) is 0 Å². The summed E-state index contributed by atoms with van der Waals surface area (Å²) in [6, 6.07) is 0. The summed E-state index contributed by atoms with van der Waals surface area (Å²) in [6.07, 6.45) is 40.4. The molecule has 0 rings (SSSR count). The molecule has 0 aromatic heterocycles. The fourth-order valence-corrected chi connectivity index (χ4v) is 11.8. The summed E-state index contributed by atoms with van der Waals surface area (Å²) in [5.41, 5.74) is 0. The predicted molar refractivity (Wildman–Crippen MR) is 354 cm³/mol. The first kappa shape index (κ1) is 86.1. The second kappa shape index (κ2) is 58.8. The van der Waals surface area contributed by atoms with E-state index in [1.54, 1.807) is 0 Å². The zero-order valence-corrected chi connectivity index (χ0v) is 59.1. The molecule has 0 heterocycles. The molecular formula is C69H134O17P2. The molecule has 0 aliphatic heterocycles. The number of phosphoric ester groups is 2. The molecule has 0 bridgehead atoms. The van der Waals surface area contributed by atoms with Crippen LogP contribution in [0.4, 0.5) is 0 Å². The summed E-state index contributed by atoms with van der Waals surface area (Å²) in [5, 5.41) is 10.6. The van der Waals surface area contributed by atoms with Crippen LogP contribution in [0.5, 0.6) is 0 Å². The number of unbranched alkanes of at least 4 members (excludes halogenated alkanes) is 29. The lowest BCUT2D eigenvalue weighted by molar-refractivity contribution is -0.161. The fraction of sp³-hybridized carbons (Fsp3) is 0.942. The molecule has 0 aliphatic carbocycles. The third-order valence-electron chi connectivity index (χ3n) is 16.9. The number of carbonyl (C=O) groups excluding carboxylic acids is 4. The Bertz CT molecular complexity index is 1750. The fourth-order valence-electron chi connectivity index (χ4n) is 10.2. The molecule has 88 heavy (non-hydrogen) atoms. The summed E-state index contributed by atoms with van der Waals surface area (Å²) >= 11 is 0. The van der Waals surface area contributed by atoms with Gasteiger partial charge < -0.3 is 33.8 Å². The van der Waals surface area contributed by atoms with Crippen molar-refractivity contribution in [2.45, 2.75) is 356 Å². The van der Waals surface area contributed by atoms with E-state index in [1.165, 1.54) is 128 Å². The molecule has 19 heteroatoms. The van der Waals surface area contributed by atoms with Gasteiger partial charge in [0, 0.05) is 25.7 Å². The van der Waals surface area contributed by atoms with E-state index in [0.717, 1.165) is 120 Å². The van der Waals surface area contributed by atoms with Crippen LogP contribution in [0.1, 0.15) is 338 Å². The van der Waals surface area contributed by atoms with Gasteiger partial charge >= 0.3 is 39.5 Å². The Morgan fingerprint density at radius 3 is 0.807 bits per heavy atom. The molecule has 522 valence electrons. The topological polar surface area (TPSA) is 237 Å². The van der Waals surface area contributed by atoms with Crippen molar-refractivity contribution in [3.63, 3.8) is 0 Å². The maximum Gasteiger partial charge on any atom is 0.472 e. The van der Waals surface area contributed by atoms with Gasteiger partial charge in [-0.25, -0.2) is 9.13 Å². The number of hydrogen-bond donors (Lipinski definition) is 3. The highest BCUT2D eigenvalue weighted by Gasteiger charge is 2.30. The molecule has 0 aromatic carbocycles. The number of hydrogen-bond acceptors (Lipinski definition) is 15. The molecule has 0 fully saturated rings. The van der Waals surface area contributed by atoms with Crippen LogP contribution in [0.2, 0.25) is 0 Å². The minimum absolute atomic E-state index is 0.102. The zero-order valence-electron chi connectivity index (χ0n) is 57.3. The molecule has 0 saturated heterocycles. The second-order valence-corrected chi connectivity index (χ2v) is 29.0. The van der Waals surface area contributed by atoms with Gasteiger partial charge in [0.1, 0.15) is 19.3 Å². The van der Waals surface area contributed by atoms with E-state index < -0.39 is 97.5 Å². The Morgan fingerprint density at radius 1 is 0.318 bits per heavy atom. The summed E-state index contributed by atoms with van der Waals surface area (Å²) in [7, 11) is -9.90. The quantitative estimate of drug-likeness (QED) is 0.0222. The molecule has 0 saturated carbocycles. The van der Waals surface area contributed by atoms with Crippen LogP contribution in [-0.2, 0) is 65.4 Å².